The number of hydrogen-bond acceptors (Lipinski definition) is 6. The van der Waals surface area contributed by atoms with Gasteiger partial charge in [-0.05, 0) is 73.0 Å². The third-order valence-electron chi connectivity index (χ3n) is 5.33. The molecular weight excluding hydrogens is 418 g/mol. The molecule has 0 saturated heterocycles. The van der Waals surface area contributed by atoms with Gasteiger partial charge in [-0.1, -0.05) is 18.2 Å². The highest BCUT2D eigenvalue weighted by molar-refractivity contribution is 7.98. The van der Waals surface area contributed by atoms with Crippen LogP contribution in [0.15, 0.2) is 65.8 Å². The fourth-order valence-electron chi connectivity index (χ4n) is 3.51. The van der Waals surface area contributed by atoms with E-state index in [0.29, 0.717) is 22.8 Å². The molecular formula is C26H21N3O2S. The van der Waals surface area contributed by atoms with Crippen LogP contribution in [0.1, 0.15) is 24.0 Å². The molecule has 5 rings (SSSR count). The Hall–Kier alpha value is -3.56. The molecule has 0 N–H and O–H groups in total. The second kappa shape index (κ2) is 8.52. The molecule has 0 atom stereocenters. The lowest BCUT2D eigenvalue weighted by molar-refractivity contribution is 0.299. The SMILES string of the molecule is CSc1cnc2cc(-c3ccc(Oc4cc(C)c(OC5CC5)c(C#N)c4)cc3)ccc2n1. The minimum Gasteiger partial charge on any atom is -0.489 e. The van der Waals surface area contributed by atoms with Crippen LogP contribution in [0, 0.1) is 18.3 Å². The molecule has 3 aromatic carbocycles. The van der Waals surface area contributed by atoms with Crippen molar-refractivity contribution in [3.05, 3.63) is 71.9 Å². The number of nitrogens with zero attached hydrogens (tertiary/aromatic N) is 3. The number of rotatable bonds is 6. The number of nitriles is 1. The summed E-state index contributed by atoms with van der Waals surface area (Å²) >= 11 is 1.58. The van der Waals surface area contributed by atoms with Crippen molar-refractivity contribution in [1.29, 1.82) is 5.26 Å². The van der Waals surface area contributed by atoms with Crippen LogP contribution in [0.5, 0.6) is 17.2 Å². The number of hydrogen-bond donors (Lipinski definition) is 0. The Morgan fingerprint density at radius 2 is 1.75 bits per heavy atom. The van der Waals surface area contributed by atoms with Crippen molar-refractivity contribution in [1.82, 2.24) is 9.97 Å². The summed E-state index contributed by atoms with van der Waals surface area (Å²) in [5.74, 6) is 2.00. The number of thioether (sulfide) groups is 1. The summed E-state index contributed by atoms with van der Waals surface area (Å²) in [5, 5.41) is 10.4. The summed E-state index contributed by atoms with van der Waals surface area (Å²) in [6.45, 7) is 1.94. The smallest absolute Gasteiger partial charge is 0.140 e. The van der Waals surface area contributed by atoms with Crippen LogP contribution >= 0.6 is 11.8 Å². The third-order valence-corrected chi connectivity index (χ3v) is 5.95. The minimum absolute atomic E-state index is 0.244. The van der Waals surface area contributed by atoms with Crippen LogP contribution in [-0.4, -0.2) is 22.3 Å². The first kappa shape index (κ1) is 20.3. The van der Waals surface area contributed by atoms with Crippen LogP contribution < -0.4 is 9.47 Å². The first-order valence-corrected chi connectivity index (χ1v) is 11.7. The van der Waals surface area contributed by atoms with Gasteiger partial charge < -0.3 is 9.47 Å². The lowest BCUT2D eigenvalue weighted by Gasteiger charge is -2.13. The van der Waals surface area contributed by atoms with Gasteiger partial charge in [0.15, 0.2) is 0 Å². The standard InChI is InChI=1S/C26H21N3O2S/c1-16-11-22(12-19(14-27)26(16)31-21-8-9-21)30-20-6-3-17(4-7-20)18-5-10-23-24(13-18)28-15-25(29-23)32-2/h3-7,10-13,15,21H,8-9H2,1-2H3. The zero-order valence-corrected chi connectivity index (χ0v) is 18.6. The van der Waals surface area contributed by atoms with Crippen molar-refractivity contribution in [3.63, 3.8) is 0 Å². The van der Waals surface area contributed by atoms with Crippen LogP contribution in [0.25, 0.3) is 22.2 Å². The van der Waals surface area contributed by atoms with Gasteiger partial charge in [-0.25, -0.2) is 4.98 Å². The lowest BCUT2D eigenvalue weighted by Crippen LogP contribution is -2.01. The topological polar surface area (TPSA) is 68.0 Å². The second-order valence-corrected chi connectivity index (χ2v) is 8.61. The first-order chi connectivity index (χ1) is 15.6. The Bertz CT molecular complexity index is 1340. The highest BCUT2D eigenvalue weighted by Gasteiger charge is 2.25. The van der Waals surface area contributed by atoms with Crippen molar-refractivity contribution in [2.45, 2.75) is 30.9 Å². The second-order valence-electron chi connectivity index (χ2n) is 7.79. The number of benzene rings is 3. The molecule has 1 aliphatic carbocycles. The minimum atomic E-state index is 0.244. The number of aromatic nitrogens is 2. The monoisotopic (exact) mass is 439 g/mol. The largest absolute Gasteiger partial charge is 0.489 e. The fourth-order valence-corrected chi connectivity index (χ4v) is 3.86. The maximum Gasteiger partial charge on any atom is 0.140 e. The molecule has 0 unspecified atom stereocenters. The van der Waals surface area contributed by atoms with E-state index in [4.69, 9.17) is 9.47 Å². The molecule has 4 aromatic rings. The van der Waals surface area contributed by atoms with Crippen molar-refractivity contribution in [2.75, 3.05) is 6.26 Å². The van der Waals surface area contributed by atoms with E-state index >= 15 is 0 Å². The van der Waals surface area contributed by atoms with E-state index in [1.165, 1.54) is 0 Å². The fraction of sp³-hybridized carbons (Fsp3) is 0.192. The zero-order chi connectivity index (χ0) is 22.1. The molecule has 32 heavy (non-hydrogen) atoms. The molecule has 1 aromatic heterocycles. The molecule has 5 nitrogen and oxygen atoms in total. The summed E-state index contributed by atoms with van der Waals surface area (Å²) < 4.78 is 11.9. The quantitative estimate of drug-likeness (QED) is 0.318. The van der Waals surface area contributed by atoms with Gasteiger partial charge in [-0.15, -0.1) is 11.8 Å². The highest BCUT2D eigenvalue weighted by Crippen LogP contribution is 2.36. The molecule has 158 valence electrons. The maximum absolute atomic E-state index is 9.54. The van der Waals surface area contributed by atoms with Crippen LogP contribution in [0.4, 0.5) is 0 Å². The van der Waals surface area contributed by atoms with Crippen LogP contribution in [0.3, 0.4) is 0 Å². The van der Waals surface area contributed by atoms with Gasteiger partial charge in [0.05, 0.1) is 28.9 Å². The van der Waals surface area contributed by atoms with Crippen molar-refractivity contribution >= 4 is 22.8 Å². The summed E-state index contributed by atoms with van der Waals surface area (Å²) in [4.78, 5) is 9.10. The predicted molar refractivity (Wildman–Crippen MR) is 126 cm³/mol. The van der Waals surface area contributed by atoms with Gasteiger partial charge in [0.1, 0.15) is 28.3 Å². The highest BCUT2D eigenvalue weighted by atomic mass is 32.2. The lowest BCUT2D eigenvalue weighted by atomic mass is 10.0. The van der Waals surface area contributed by atoms with Gasteiger partial charge >= 0.3 is 0 Å². The van der Waals surface area contributed by atoms with Crippen LogP contribution in [-0.2, 0) is 0 Å². The first-order valence-electron chi connectivity index (χ1n) is 10.4. The van der Waals surface area contributed by atoms with Crippen molar-refractivity contribution in [3.8, 4) is 34.4 Å². The van der Waals surface area contributed by atoms with Gasteiger partial charge in [0, 0.05) is 6.07 Å². The van der Waals surface area contributed by atoms with E-state index in [9.17, 15) is 5.26 Å². The number of ether oxygens (including phenoxy) is 2. The molecule has 0 spiro atoms. The Labute approximate surface area is 191 Å². The van der Waals surface area contributed by atoms with E-state index in [2.05, 4.69) is 22.1 Å². The molecule has 6 heteroatoms. The van der Waals surface area contributed by atoms with E-state index in [-0.39, 0.29) is 6.10 Å². The number of aryl methyl sites for hydroxylation is 1. The van der Waals surface area contributed by atoms with Crippen LogP contribution in [0.2, 0.25) is 0 Å². The number of fused-ring (bicyclic) bond motifs is 1. The van der Waals surface area contributed by atoms with Crippen molar-refractivity contribution < 1.29 is 9.47 Å². The summed E-state index contributed by atoms with van der Waals surface area (Å²) in [5.41, 5.74) is 5.30. The average molecular weight is 440 g/mol. The molecule has 0 radical (unpaired) electrons. The van der Waals surface area contributed by atoms with E-state index < -0.39 is 0 Å². The Balaban J connectivity index is 1.36. The Morgan fingerprint density at radius 1 is 0.969 bits per heavy atom. The zero-order valence-electron chi connectivity index (χ0n) is 17.8. The van der Waals surface area contributed by atoms with E-state index in [0.717, 1.165) is 45.6 Å². The van der Waals surface area contributed by atoms with Gasteiger partial charge in [-0.2, -0.15) is 5.26 Å². The predicted octanol–water partition coefficient (Wildman–Crippen LogP) is 6.53. The Kier molecular flexibility index (Phi) is 5.42. The maximum atomic E-state index is 9.54. The molecule has 0 bridgehead atoms. The van der Waals surface area contributed by atoms with Crippen molar-refractivity contribution in [2.24, 2.45) is 0 Å². The summed E-state index contributed by atoms with van der Waals surface area (Å²) in [7, 11) is 0. The molecule has 1 saturated carbocycles. The van der Waals surface area contributed by atoms with E-state index in [1.807, 2.05) is 55.6 Å². The summed E-state index contributed by atoms with van der Waals surface area (Å²) in [6, 6.07) is 19.9. The normalized spacial score (nSPS) is 13.0. The van der Waals surface area contributed by atoms with Gasteiger partial charge in [0.2, 0.25) is 0 Å². The molecule has 0 aliphatic heterocycles. The van der Waals surface area contributed by atoms with E-state index in [1.54, 1.807) is 24.0 Å². The Morgan fingerprint density at radius 3 is 2.47 bits per heavy atom. The average Bonchev–Trinajstić information content (AvgIpc) is 3.64. The summed E-state index contributed by atoms with van der Waals surface area (Å²) in [6.07, 6.45) is 6.14. The third kappa shape index (κ3) is 4.25. The molecule has 1 fully saturated rings. The van der Waals surface area contributed by atoms with Gasteiger partial charge in [0.25, 0.3) is 0 Å². The van der Waals surface area contributed by atoms with Gasteiger partial charge in [-0.3, -0.25) is 4.98 Å². The molecule has 1 heterocycles. The molecule has 0 amide bonds. The molecule has 1 aliphatic rings.